The fourth-order valence-electron chi connectivity index (χ4n) is 2.15. The van der Waals surface area contributed by atoms with Crippen molar-refractivity contribution in [1.29, 1.82) is 5.26 Å². The summed E-state index contributed by atoms with van der Waals surface area (Å²) in [6.07, 6.45) is 1.65. The fourth-order valence-corrected chi connectivity index (χ4v) is 2.15. The summed E-state index contributed by atoms with van der Waals surface area (Å²) in [4.78, 5) is 15.8. The van der Waals surface area contributed by atoms with Crippen LogP contribution in [0.3, 0.4) is 0 Å². The zero-order valence-electron chi connectivity index (χ0n) is 10.4. The van der Waals surface area contributed by atoms with Crippen molar-refractivity contribution in [2.24, 2.45) is 5.73 Å². The number of hydrogen-bond acceptors (Lipinski definition) is 3. The summed E-state index contributed by atoms with van der Waals surface area (Å²) in [5.41, 5.74) is 8.10. The van der Waals surface area contributed by atoms with Gasteiger partial charge in [-0.2, -0.15) is 5.26 Å². The molecule has 3 rings (SSSR count). The lowest BCUT2D eigenvalue weighted by molar-refractivity contribution is 0.0997. The first kappa shape index (κ1) is 11.9. The maximum Gasteiger partial charge on any atom is 0.269 e. The highest BCUT2D eigenvalue weighted by molar-refractivity contribution is 5.98. The summed E-state index contributed by atoms with van der Waals surface area (Å²) in [5.74, 6) is -0.592. The molecule has 1 aromatic carbocycles. The topological polar surface area (TPSA) is 84.2 Å². The molecule has 3 aromatic rings. The van der Waals surface area contributed by atoms with Crippen LogP contribution in [0.1, 0.15) is 16.1 Å². The number of primary amides is 1. The van der Waals surface area contributed by atoms with E-state index in [2.05, 4.69) is 11.1 Å². The van der Waals surface area contributed by atoms with Gasteiger partial charge in [0.1, 0.15) is 11.7 Å². The summed E-state index contributed by atoms with van der Waals surface area (Å²) < 4.78 is 1.72. The molecule has 2 aromatic heterocycles. The number of amides is 1. The molecule has 0 unspecified atom stereocenters. The molecular formula is C15H10N4O. The van der Waals surface area contributed by atoms with Crippen molar-refractivity contribution in [2.75, 3.05) is 0 Å². The van der Waals surface area contributed by atoms with Crippen LogP contribution < -0.4 is 5.73 Å². The van der Waals surface area contributed by atoms with Gasteiger partial charge in [-0.25, -0.2) is 4.98 Å². The van der Waals surface area contributed by atoms with E-state index in [1.54, 1.807) is 22.7 Å². The Balaban J connectivity index is 2.40. The molecule has 5 heteroatoms. The molecule has 0 atom stereocenters. The second-order valence-corrected chi connectivity index (χ2v) is 4.30. The second kappa shape index (κ2) is 4.52. The van der Waals surface area contributed by atoms with E-state index in [9.17, 15) is 4.79 Å². The molecule has 0 bridgehead atoms. The van der Waals surface area contributed by atoms with Crippen LogP contribution in [0.5, 0.6) is 0 Å². The predicted octanol–water partition coefficient (Wildman–Crippen LogP) is 1.97. The normalized spacial score (nSPS) is 10.3. The monoisotopic (exact) mass is 262 g/mol. The Morgan fingerprint density at radius 2 is 1.95 bits per heavy atom. The van der Waals surface area contributed by atoms with E-state index in [0.717, 1.165) is 5.56 Å². The molecule has 0 aliphatic heterocycles. The lowest BCUT2D eigenvalue weighted by atomic mass is 10.1. The highest BCUT2D eigenvalue weighted by atomic mass is 16.1. The summed E-state index contributed by atoms with van der Waals surface area (Å²) in [6, 6.07) is 14.8. The predicted molar refractivity (Wildman–Crippen MR) is 73.9 cm³/mol. The number of hydrogen-bond donors (Lipinski definition) is 1. The number of fused-ring (bicyclic) bond motifs is 1. The van der Waals surface area contributed by atoms with Crippen LogP contribution >= 0.6 is 0 Å². The molecule has 0 spiro atoms. The molecule has 5 nitrogen and oxygen atoms in total. The summed E-state index contributed by atoms with van der Waals surface area (Å²) in [6.45, 7) is 0. The van der Waals surface area contributed by atoms with Gasteiger partial charge in [0.05, 0.1) is 11.3 Å². The molecule has 96 valence electrons. The van der Waals surface area contributed by atoms with Gasteiger partial charge < -0.3 is 5.73 Å². The van der Waals surface area contributed by atoms with Gasteiger partial charge in [-0.15, -0.1) is 0 Å². The van der Waals surface area contributed by atoms with E-state index in [-0.39, 0.29) is 5.69 Å². The van der Waals surface area contributed by atoms with Crippen LogP contribution in [0.4, 0.5) is 0 Å². The van der Waals surface area contributed by atoms with Crippen LogP contribution in [0.2, 0.25) is 0 Å². The Morgan fingerprint density at radius 3 is 2.60 bits per heavy atom. The number of benzene rings is 1. The minimum atomic E-state index is -0.592. The Labute approximate surface area is 114 Å². The van der Waals surface area contributed by atoms with E-state index >= 15 is 0 Å². The number of nitrogens with two attached hydrogens (primary N) is 1. The number of rotatable bonds is 2. The van der Waals surface area contributed by atoms with E-state index in [1.165, 1.54) is 0 Å². The number of carbonyl (C=O) groups excluding carboxylic acids is 1. The molecule has 0 aliphatic rings. The Morgan fingerprint density at radius 1 is 1.20 bits per heavy atom. The van der Waals surface area contributed by atoms with E-state index in [1.807, 2.05) is 30.3 Å². The van der Waals surface area contributed by atoms with Gasteiger partial charge in [-0.1, -0.05) is 30.3 Å². The molecular weight excluding hydrogens is 252 g/mol. The van der Waals surface area contributed by atoms with Crippen LogP contribution in [0.25, 0.3) is 16.9 Å². The van der Waals surface area contributed by atoms with E-state index in [0.29, 0.717) is 16.9 Å². The maximum absolute atomic E-state index is 11.6. The second-order valence-electron chi connectivity index (χ2n) is 4.30. The quantitative estimate of drug-likeness (QED) is 0.766. The van der Waals surface area contributed by atoms with Gasteiger partial charge in [0, 0.05) is 11.8 Å². The van der Waals surface area contributed by atoms with Crippen molar-refractivity contribution in [3.63, 3.8) is 0 Å². The third-order valence-corrected chi connectivity index (χ3v) is 3.03. The number of nitrogens with zero attached hydrogens (tertiary/aromatic N) is 3. The Kier molecular flexibility index (Phi) is 2.70. The maximum atomic E-state index is 11.6. The van der Waals surface area contributed by atoms with Gasteiger partial charge in [-0.05, 0) is 12.1 Å². The highest BCUT2D eigenvalue weighted by Gasteiger charge is 2.18. The van der Waals surface area contributed by atoms with Gasteiger partial charge >= 0.3 is 0 Å². The van der Waals surface area contributed by atoms with Gasteiger partial charge in [0.25, 0.3) is 5.91 Å². The summed E-state index contributed by atoms with van der Waals surface area (Å²) in [7, 11) is 0. The van der Waals surface area contributed by atoms with Crippen molar-refractivity contribution < 1.29 is 4.79 Å². The average molecular weight is 262 g/mol. The van der Waals surface area contributed by atoms with E-state index in [4.69, 9.17) is 11.0 Å². The molecule has 0 saturated heterocycles. The average Bonchev–Trinajstić information content (AvgIpc) is 2.86. The SMILES string of the molecule is N#Cc1ccc2nc(C(N)=O)c(-c3ccccc3)n2c1. The standard InChI is InChI=1S/C15H10N4O/c16-8-10-6-7-12-18-13(15(17)20)14(19(12)9-10)11-4-2-1-3-5-11/h1-7,9H,(H2,17,20). The summed E-state index contributed by atoms with van der Waals surface area (Å²) >= 11 is 0. The van der Waals surface area contributed by atoms with Crippen LogP contribution in [-0.4, -0.2) is 15.3 Å². The number of aromatic nitrogens is 2. The highest BCUT2D eigenvalue weighted by Crippen LogP contribution is 2.25. The van der Waals surface area contributed by atoms with Crippen molar-refractivity contribution in [3.05, 3.63) is 59.9 Å². The van der Waals surface area contributed by atoms with E-state index < -0.39 is 5.91 Å². The molecule has 0 radical (unpaired) electrons. The van der Waals surface area contributed by atoms with Crippen molar-refractivity contribution >= 4 is 11.6 Å². The van der Waals surface area contributed by atoms with Gasteiger partial charge in [0.15, 0.2) is 5.69 Å². The lowest BCUT2D eigenvalue weighted by Gasteiger charge is -2.03. The van der Waals surface area contributed by atoms with Crippen molar-refractivity contribution in [2.45, 2.75) is 0 Å². The smallest absolute Gasteiger partial charge is 0.269 e. The Hall–Kier alpha value is -3.13. The first-order valence-electron chi connectivity index (χ1n) is 5.98. The first-order chi connectivity index (χ1) is 9.70. The molecule has 0 fully saturated rings. The Bertz CT molecular complexity index is 843. The molecule has 2 N–H and O–H groups in total. The zero-order chi connectivity index (χ0) is 14.1. The lowest BCUT2D eigenvalue weighted by Crippen LogP contribution is -2.12. The first-order valence-corrected chi connectivity index (χ1v) is 5.98. The summed E-state index contributed by atoms with van der Waals surface area (Å²) in [5, 5.41) is 9.00. The number of nitriles is 1. The van der Waals surface area contributed by atoms with Crippen molar-refractivity contribution in [3.8, 4) is 17.3 Å². The van der Waals surface area contributed by atoms with Gasteiger partial charge in [-0.3, -0.25) is 9.20 Å². The number of pyridine rings is 1. The van der Waals surface area contributed by atoms with Crippen LogP contribution in [-0.2, 0) is 0 Å². The van der Waals surface area contributed by atoms with Gasteiger partial charge in [0.2, 0.25) is 0 Å². The van der Waals surface area contributed by atoms with Crippen LogP contribution in [0.15, 0.2) is 48.7 Å². The minimum absolute atomic E-state index is 0.200. The largest absolute Gasteiger partial charge is 0.364 e. The molecule has 2 heterocycles. The minimum Gasteiger partial charge on any atom is -0.364 e. The number of imidazole rings is 1. The fraction of sp³-hybridized carbons (Fsp3) is 0. The van der Waals surface area contributed by atoms with Crippen LogP contribution in [0, 0.1) is 11.3 Å². The molecule has 20 heavy (non-hydrogen) atoms. The molecule has 0 aliphatic carbocycles. The molecule has 0 saturated carbocycles. The third-order valence-electron chi connectivity index (χ3n) is 3.03. The number of carbonyl (C=O) groups is 1. The molecule has 1 amide bonds. The van der Waals surface area contributed by atoms with Crippen molar-refractivity contribution in [1.82, 2.24) is 9.38 Å². The zero-order valence-corrected chi connectivity index (χ0v) is 10.4. The third kappa shape index (κ3) is 1.80.